The van der Waals surface area contributed by atoms with E-state index in [1.807, 2.05) is 17.5 Å². The average molecular weight is 389 g/mol. The summed E-state index contributed by atoms with van der Waals surface area (Å²) in [4.78, 5) is 4.49. The van der Waals surface area contributed by atoms with Crippen molar-refractivity contribution in [1.82, 2.24) is 4.98 Å². The lowest BCUT2D eigenvalue weighted by Gasteiger charge is -2.16. The maximum atomic E-state index is 12.7. The predicted octanol–water partition coefficient (Wildman–Crippen LogP) is 5.72. The van der Waals surface area contributed by atoms with Crippen LogP contribution in [0.25, 0.3) is 32.1 Å². The SMILES string of the molecule is COc1ccc2ncc3sccc3c2c1-c1ccc(C(O)C(F)(F)F)cc1. The molecule has 0 aliphatic heterocycles. The maximum Gasteiger partial charge on any atom is 0.418 e. The van der Waals surface area contributed by atoms with Crippen molar-refractivity contribution in [2.24, 2.45) is 0 Å². The van der Waals surface area contributed by atoms with Crippen molar-refractivity contribution in [3.05, 3.63) is 59.6 Å². The number of aromatic nitrogens is 1. The van der Waals surface area contributed by atoms with Gasteiger partial charge in [-0.05, 0) is 34.7 Å². The summed E-state index contributed by atoms with van der Waals surface area (Å²) < 4.78 is 44.8. The minimum atomic E-state index is -4.70. The van der Waals surface area contributed by atoms with Gasteiger partial charge in [-0.3, -0.25) is 4.98 Å². The zero-order valence-electron chi connectivity index (χ0n) is 14.1. The molecule has 2 aromatic carbocycles. The van der Waals surface area contributed by atoms with Gasteiger partial charge in [0.05, 0.1) is 17.3 Å². The lowest BCUT2D eigenvalue weighted by molar-refractivity contribution is -0.206. The van der Waals surface area contributed by atoms with Gasteiger partial charge in [0.1, 0.15) is 5.75 Å². The first kappa shape index (κ1) is 17.8. The molecular weight excluding hydrogens is 375 g/mol. The van der Waals surface area contributed by atoms with Crippen LogP contribution in [0, 0.1) is 0 Å². The summed E-state index contributed by atoms with van der Waals surface area (Å²) in [6.45, 7) is 0. The largest absolute Gasteiger partial charge is 0.496 e. The normalized spacial score (nSPS) is 13.2. The van der Waals surface area contributed by atoms with Crippen molar-refractivity contribution in [1.29, 1.82) is 0 Å². The van der Waals surface area contributed by atoms with E-state index in [2.05, 4.69) is 4.98 Å². The number of aliphatic hydroxyl groups excluding tert-OH is 1. The van der Waals surface area contributed by atoms with Crippen molar-refractivity contribution < 1.29 is 23.0 Å². The number of ether oxygens (including phenoxy) is 1. The number of aliphatic hydroxyl groups is 1. The monoisotopic (exact) mass is 389 g/mol. The van der Waals surface area contributed by atoms with Gasteiger partial charge in [0, 0.05) is 22.5 Å². The molecule has 138 valence electrons. The number of methoxy groups -OCH3 is 1. The molecule has 0 bridgehead atoms. The Morgan fingerprint density at radius 2 is 1.81 bits per heavy atom. The van der Waals surface area contributed by atoms with Crippen LogP contribution in [0.2, 0.25) is 0 Å². The van der Waals surface area contributed by atoms with Crippen molar-refractivity contribution in [2.75, 3.05) is 7.11 Å². The zero-order chi connectivity index (χ0) is 19.2. The van der Waals surface area contributed by atoms with Gasteiger partial charge in [-0.1, -0.05) is 24.3 Å². The first-order valence-electron chi connectivity index (χ1n) is 8.08. The number of pyridine rings is 1. The number of thiophene rings is 1. The summed E-state index contributed by atoms with van der Waals surface area (Å²) in [7, 11) is 1.55. The third-order valence-corrected chi connectivity index (χ3v) is 5.33. The van der Waals surface area contributed by atoms with Crippen LogP contribution in [0.5, 0.6) is 5.75 Å². The molecule has 0 spiro atoms. The topological polar surface area (TPSA) is 42.4 Å². The Labute approximate surface area is 156 Å². The fraction of sp³-hybridized carbons (Fsp3) is 0.150. The van der Waals surface area contributed by atoms with Gasteiger partial charge in [0.2, 0.25) is 0 Å². The summed E-state index contributed by atoms with van der Waals surface area (Å²) in [6, 6.07) is 11.3. The standard InChI is InChI=1S/C20H14F3NO2S/c1-26-15-7-6-14-18(13-8-9-27-16(13)10-24-14)17(15)11-2-4-12(5-3-11)19(25)20(21,22)23/h2-10,19,25H,1H3. The zero-order valence-corrected chi connectivity index (χ0v) is 14.9. The van der Waals surface area contributed by atoms with Gasteiger partial charge in [-0.2, -0.15) is 13.2 Å². The van der Waals surface area contributed by atoms with E-state index in [0.29, 0.717) is 11.3 Å². The summed E-state index contributed by atoms with van der Waals surface area (Å²) in [5.74, 6) is 0.604. The highest BCUT2D eigenvalue weighted by atomic mass is 32.1. The molecule has 4 rings (SSSR count). The molecule has 0 aliphatic carbocycles. The minimum Gasteiger partial charge on any atom is -0.496 e. The summed E-state index contributed by atoms with van der Waals surface area (Å²) in [6.07, 6.45) is -5.40. The van der Waals surface area contributed by atoms with Crippen LogP contribution in [0.4, 0.5) is 13.2 Å². The molecule has 1 unspecified atom stereocenters. The summed E-state index contributed by atoms with van der Waals surface area (Å²) in [5, 5.41) is 13.3. The van der Waals surface area contributed by atoms with E-state index in [-0.39, 0.29) is 5.56 Å². The summed E-state index contributed by atoms with van der Waals surface area (Å²) in [5.41, 5.74) is 2.02. The Hall–Kier alpha value is -2.64. The molecule has 2 heterocycles. The second-order valence-corrected chi connectivity index (χ2v) is 7.01. The van der Waals surface area contributed by atoms with Gasteiger partial charge in [-0.15, -0.1) is 11.3 Å². The number of rotatable bonds is 3. The molecule has 27 heavy (non-hydrogen) atoms. The van der Waals surface area contributed by atoms with E-state index >= 15 is 0 Å². The molecule has 1 atom stereocenters. The third-order valence-electron chi connectivity index (χ3n) is 4.48. The van der Waals surface area contributed by atoms with E-state index in [1.54, 1.807) is 42.8 Å². The average Bonchev–Trinajstić information content (AvgIpc) is 3.15. The molecular formula is C20H14F3NO2S. The smallest absolute Gasteiger partial charge is 0.418 e. The second kappa shape index (κ2) is 6.51. The Morgan fingerprint density at radius 3 is 2.48 bits per heavy atom. The lowest BCUT2D eigenvalue weighted by Crippen LogP contribution is -2.19. The van der Waals surface area contributed by atoms with Gasteiger partial charge in [-0.25, -0.2) is 0 Å². The van der Waals surface area contributed by atoms with E-state index in [9.17, 15) is 18.3 Å². The fourth-order valence-corrected chi connectivity index (χ4v) is 3.95. The molecule has 4 aromatic rings. The van der Waals surface area contributed by atoms with E-state index < -0.39 is 12.3 Å². The molecule has 1 N–H and O–H groups in total. The molecule has 7 heteroatoms. The maximum absolute atomic E-state index is 12.7. The first-order chi connectivity index (χ1) is 12.9. The summed E-state index contributed by atoms with van der Waals surface area (Å²) >= 11 is 1.57. The number of fused-ring (bicyclic) bond motifs is 3. The van der Waals surface area contributed by atoms with E-state index in [4.69, 9.17) is 4.74 Å². The highest BCUT2D eigenvalue weighted by Gasteiger charge is 2.39. The highest BCUT2D eigenvalue weighted by molar-refractivity contribution is 7.17. The van der Waals surface area contributed by atoms with Crippen LogP contribution in [-0.4, -0.2) is 23.4 Å². The molecule has 0 fully saturated rings. The molecule has 3 nitrogen and oxygen atoms in total. The van der Waals surface area contributed by atoms with Crippen LogP contribution in [-0.2, 0) is 0 Å². The van der Waals surface area contributed by atoms with Gasteiger partial charge < -0.3 is 9.84 Å². The van der Waals surface area contributed by atoms with Crippen molar-refractivity contribution in [3.63, 3.8) is 0 Å². The first-order valence-corrected chi connectivity index (χ1v) is 8.96. The number of benzene rings is 2. The third kappa shape index (κ3) is 3.02. The Bertz CT molecular complexity index is 1120. The van der Waals surface area contributed by atoms with E-state index in [0.717, 1.165) is 26.6 Å². The minimum absolute atomic E-state index is 0.204. The molecule has 0 saturated heterocycles. The van der Waals surface area contributed by atoms with Crippen LogP contribution in [0.1, 0.15) is 11.7 Å². The predicted molar refractivity (Wildman–Crippen MR) is 100 cm³/mol. The van der Waals surface area contributed by atoms with Gasteiger partial charge in [0.25, 0.3) is 0 Å². The number of alkyl halides is 3. The Kier molecular flexibility index (Phi) is 4.28. The van der Waals surface area contributed by atoms with Crippen LogP contribution in [0.15, 0.2) is 54.0 Å². The lowest BCUT2D eigenvalue weighted by atomic mass is 9.96. The molecule has 2 aromatic heterocycles. The number of halogens is 3. The molecule has 0 amide bonds. The van der Waals surface area contributed by atoms with Crippen molar-refractivity contribution in [3.8, 4) is 16.9 Å². The Balaban J connectivity index is 1.94. The molecule has 0 radical (unpaired) electrons. The quantitative estimate of drug-likeness (QED) is 0.487. The fourth-order valence-electron chi connectivity index (χ4n) is 3.19. The molecule has 0 saturated carbocycles. The van der Waals surface area contributed by atoms with E-state index in [1.165, 1.54) is 12.1 Å². The highest BCUT2D eigenvalue weighted by Crippen LogP contribution is 2.41. The van der Waals surface area contributed by atoms with Gasteiger partial charge >= 0.3 is 6.18 Å². The van der Waals surface area contributed by atoms with Crippen molar-refractivity contribution in [2.45, 2.75) is 12.3 Å². The molecule has 0 aliphatic rings. The Morgan fingerprint density at radius 1 is 1.07 bits per heavy atom. The van der Waals surface area contributed by atoms with Gasteiger partial charge in [0.15, 0.2) is 6.10 Å². The van der Waals surface area contributed by atoms with Crippen LogP contribution >= 0.6 is 11.3 Å². The van der Waals surface area contributed by atoms with Crippen LogP contribution in [0.3, 0.4) is 0 Å². The van der Waals surface area contributed by atoms with Crippen LogP contribution < -0.4 is 4.74 Å². The number of hydrogen-bond donors (Lipinski definition) is 1. The number of nitrogens with zero attached hydrogens (tertiary/aromatic N) is 1. The van der Waals surface area contributed by atoms with Crippen molar-refractivity contribution >= 4 is 32.3 Å². The number of hydrogen-bond acceptors (Lipinski definition) is 4. The second-order valence-electron chi connectivity index (χ2n) is 6.06.